The van der Waals surface area contributed by atoms with E-state index in [4.69, 9.17) is 4.74 Å². The second-order valence-electron chi connectivity index (χ2n) is 5.38. The number of benzene rings is 2. The quantitative estimate of drug-likeness (QED) is 0.882. The molecule has 0 radical (unpaired) electrons. The van der Waals surface area contributed by atoms with Gasteiger partial charge in [0.05, 0.1) is 12.3 Å². The standard InChI is InChI=1S/C17H20N2O3S/c1-2-22-15-10-8-14(9-11-15)19-23(20,21)16-7-3-5-13-6-4-12-18-17(13)16/h3,5,7-11,18-19H,2,4,6,12H2,1H3. The van der Waals surface area contributed by atoms with Crippen LogP contribution in [0.25, 0.3) is 0 Å². The highest BCUT2D eigenvalue weighted by molar-refractivity contribution is 7.92. The molecular weight excluding hydrogens is 312 g/mol. The summed E-state index contributed by atoms with van der Waals surface area (Å²) in [5.74, 6) is 0.717. The number of rotatable bonds is 5. The smallest absolute Gasteiger partial charge is 0.263 e. The Labute approximate surface area is 136 Å². The first-order chi connectivity index (χ1) is 11.1. The van der Waals surface area contributed by atoms with Crippen molar-refractivity contribution in [2.24, 2.45) is 0 Å². The fourth-order valence-electron chi connectivity index (χ4n) is 2.70. The van der Waals surface area contributed by atoms with Crippen LogP contribution in [0.1, 0.15) is 18.9 Å². The van der Waals surface area contributed by atoms with E-state index in [1.807, 2.05) is 13.0 Å². The van der Waals surface area contributed by atoms with E-state index >= 15 is 0 Å². The summed E-state index contributed by atoms with van der Waals surface area (Å²) in [5.41, 5.74) is 2.28. The average molecular weight is 332 g/mol. The third-order valence-corrected chi connectivity index (χ3v) is 5.17. The van der Waals surface area contributed by atoms with Gasteiger partial charge in [-0.1, -0.05) is 12.1 Å². The van der Waals surface area contributed by atoms with Gasteiger partial charge < -0.3 is 10.1 Å². The molecule has 0 saturated heterocycles. The number of ether oxygens (including phenoxy) is 1. The van der Waals surface area contributed by atoms with Gasteiger partial charge in [0, 0.05) is 12.2 Å². The maximum absolute atomic E-state index is 12.7. The van der Waals surface area contributed by atoms with E-state index in [1.165, 1.54) is 0 Å². The summed E-state index contributed by atoms with van der Waals surface area (Å²) in [6.45, 7) is 3.28. The van der Waals surface area contributed by atoms with Crippen LogP contribution in [0.4, 0.5) is 11.4 Å². The van der Waals surface area contributed by atoms with Crippen molar-refractivity contribution in [1.82, 2.24) is 0 Å². The van der Waals surface area contributed by atoms with Crippen LogP contribution in [-0.4, -0.2) is 21.6 Å². The van der Waals surface area contributed by atoms with Crippen LogP contribution in [0.5, 0.6) is 5.75 Å². The van der Waals surface area contributed by atoms with Crippen molar-refractivity contribution in [2.45, 2.75) is 24.7 Å². The van der Waals surface area contributed by atoms with Gasteiger partial charge in [-0.3, -0.25) is 4.72 Å². The van der Waals surface area contributed by atoms with Crippen molar-refractivity contribution < 1.29 is 13.2 Å². The van der Waals surface area contributed by atoms with Crippen LogP contribution in [0, 0.1) is 0 Å². The summed E-state index contributed by atoms with van der Waals surface area (Å²) >= 11 is 0. The van der Waals surface area contributed by atoms with E-state index in [-0.39, 0.29) is 0 Å². The van der Waals surface area contributed by atoms with Crippen LogP contribution in [0.2, 0.25) is 0 Å². The van der Waals surface area contributed by atoms with Gasteiger partial charge in [-0.2, -0.15) is 0 Å². The predicted molar refractivity (Wildman–Crippen MR) is 91.7 cm³/mol. The Morgan fingerprint density at radius 3 is 2.70 bits per heavy atom. The van der Waals surface area contributed by atoms with Gasteiger partial charge in [-0.25, -0.2) is 8.42 Å². The van der Waals surface area contributed by atoms with Crippen molar-refractivity contribution >= 4 is 21.4 Å². The molecule has 23 heavy (non-hydrogen) atoms. The number of anilines is 2. The van der Waals surface area contributed by atoms with Crippen LogP contribution in [-0.2, 0) is 16.4 Å². The monoisotopic (exact) mass is 332 g/mol. The van der Waals surface area contributed by atoms with E-state index in [1.54, 1.807) is 36.4 Å². The Hall–Kier alpha value is -2.21. The van der Waals surface area contributed by atoms with Crippen molar-refractivity contribution in [3.05, 3.63) is 48.0 Å². The lowest BCUT2D eigenvalue weighted by Gasteiger charge is -2.21. The lowest BCUT2D eigenvalue weighted by Crippen LogP contribution is -2.19. The molecule has 0 aliphatic carbocycles. The normalized spacial score (nSPS) is 13.8. The lowest BCUT2D eigenvalue weighted by atomic mass is 10.0. The SMILES string of the molecule is CCOc1ccc(NS(=O)(=O)c2cccc3c2NCCC3)cc1. The lowest BCUT2D eigenvalue weighted by molar-refractivity contribution is 0.340. The van der Waals surface area contributed by atoms with Crippen molar-refractivity contribution in [3.63, 3.8) is 0 Å². The second-order valence-corrected chi connectivity index (χ2v) is 7.03. The summed E-state index contributed by atoms with van der Waals surface area (Å²) < 4.78 is 33.4. The second kappa shape index (κ2) is 6.50. The van der Waals surface area contributed by atoms with Crippen LogP contribution in [0.15, 0.2) is 47.4 Å². The molecular formula is C17H20N2O3S. The van der Waals surface area contributed by atoms with E-state index in [9.17, 15) is 8.42 Å². The van der Waals surface area contributed by atoms with Gasteiger partial charge in [-0.05, 0) is 55.7 Å². The molecule has 1 aliphatic rings. The molecule has 2 N–H and O–H groups in total. The number of hydrogen-bond donors (Lipinski definition) is 2. The first-order valence-corrected chi connectivity index (χ1v) is 9.20. The zero-order valence-corrected chi connectivity index (χ0v) is 13.8. The number of hydrogen-bond acceptors (Lipinski definition) is 4. The van der Waals surface area contributed by atoms with Crippen molar-refractivity contribution in [3.8, 4) is 5.75 Å². The fourth-order valence-corrected chi connectivity index (χ4v) is 3.98. The summed E-state index contributed by atoms with van der Waals surface area (Å²) in [7, 11) is -3.63. The summed E-state index contributed by atoms with van der Waals surface area (Å²) in [5, 5.41) is 3.21. The van der Waals surface area contributed by atoms with Crippen molar-refractivity contribution in [2.75, 3.05) is 23.2 Å². The Morgan fingerprint density at radius 2 is 1.96 bits per heavy atom. The zero-order valence-electron chi connectivity index (χ0n) is 13.0. The minimum atomic E-state index is -3.63. The van der Waals surface area contributed by atoms with Crippen LogP contribution >= 0.6 is 0 Å². The molecule has 6 heteroatoms. The van der Waals surface area contributed by atoms with E-state index in [0.29, 0.717) is 22.9 Å². The molecule has 2 aromatic rings. The number of para-hydroxylation sites is 1. The molecule has 122 valence electrons. The molecule has 0 bridgehead atoms. The van der Waals surface area contributed by atoms with E-state index in [0.717, 1.165) is 30.6 Å². The summed E-state index contributed by atoms with van der Waals surface area (Å²) in [6.07, 6.45) is 1.91. The fraction of sp³-hybridized carbons (Fsp3) is 0.294. The molecule has 0 fully saturated rings. The molecule has 2 aromatic carbocycles. The van der Waals surface area contributed by atoms with Gasteiger partial charge in [-0.15, -0.1) is 0 Å². The third-order valence-electron chi connectivity index (χ3n) is 3.74. The largest absolute Gasteiger partial charge is 0.494 e. The molecule has 0 unspecified atom stereocenters. The Balaban J connectivity index is 1.87. The zero-order chi connectivity index (χ0) is 16.3. The highest BCUT2D eigenvalue weighted by Crippen LogP contribution is 2.30. The van der Waals surface area contributed by atoms with Gasteiger partial charge in [0.25, 0.3) is 10.0 Å². The molecule has 5 nitrogen and oxygen atoms in total. The van der Waals surface area contributed by atoms with Crippen LogP contribution in [0.3, 0.4) is 0 Å². The Kier molecular flexibility index (Phi) is 4.43. The maximum atomic E-state index is 12.7. The first kappa shape index (κ1) is 15.7. The van der Waals surface area contributed by atoms with E-state index in [2.05, 4.69) is 10.0 Å². The highest BCUT2D eigenvalue weighted by Gasteiger charge is 2.22. The summed E-state index contributed by atoms with van der Waals surface area (Å²) in [4.78, 5) is 0.295. The maximum Gasteiger partial charge on any atom is 0.263 e. The molecule has 0 amide bonds. The number of nitrogens with one attached hydrogen (secondary N) is 2. The molecule has 3 rings (SSSR count). The summed E-state index contributed by atoms with van der Waals surface area (Å²) in [6, 6.07) is 12.3. The Morgan fingerprint density at radius 1 is 1.17 bits per heavy atom. The number of fused-ring (bicyclic) bond motifs is 1. The van der Waals surface area contributed by atoms with Gasteiger partial charge in [0.1, 0.15) is 10.6 Å². The van der Waals surface area contributed by atoms with Crippen LogP contribution < -0.4 is 14.8 Å². The highest BCUT2D eigenvalue weighted by atomic mass is 32.2. The molecule has 0 aromatic heterocycles. The van der Waals surface area contributed by atoms with Gasteiger partial charge in [0.15, 0.2) is 0 Å². The third kappa shape index (κ3) is 3.42. The molecule has 1 aliphatic heterocycles. The minimum Gasteiger partial charge on any atom is -0.494 e. The molecule has 0 spiro atoms. The van der Waals surface area contributed by atoms with Gasteiger partial charge >= 0.3 is 0 Å². The molecule has 0 atom stereocenters. The predicted octanol–water partition coefficient (Wildman–Crippen LogP) is 3.24. The molecule has 0 saturated carbocycles. The van der Waals surface area contributed by atoms with Gasteiger partial charge in [0.2, 0.25) is 0 Å². The first-order valence-electron chi connectivity index (χ1n) is 7.71. The number of aryl methyl sites for hydroxylation is 1. The average Bonchev–Trinajstić information content (AvgIpc) is 2.56. The number of sulfonamides is 1. The van der Waals surface area contributed by atoms with E-state index < -0.39 is 10.0 Å². The molecule has 1 heterocycles. The topological polar surface area (TPSA) is 67.4 Å². The Bertz CT molecular complexity index is 786. The van der Waals surface area contributed by atoms with Crippen molar-refractivity contribution in [1.29, 1.82) is 0 Å². The minimum absolute atomic E-state index is 0.295.